The molecule has 1 fully saturated rings. The number of aromatic nitrogens is 2. The molecule has 28 heavy (non-hydrogen) atoms. The molecule has 0 unspecified atom stereocenters. The molecule has 6 nitrogen and oxygen atoms in total. The van der Waals surface area contributed by atoms with Crippen LogP contribution >= 0.6 is 22.9 Å². The Labute approximate surface area is 174 Å². The molecule has 0 radical (unpaired) electrons. The van der Waals surface area contributed by atoms with Crippen molar-refractivity contribution in [3.63, 3.8) is 0 Å². The first-order chi connectivity index (χ1) is 13.3. The molecule has 0 saturated carbocycles. The van der Waals surface area contributed by atoms with E-state index in [0.29, 0.717) is 18.4 Å². The fourth-order valence-corrected chi connectivity index (χ4v) is 5.44. The van der Waals surface area contributed by atoms with Crippen LogP contribution in [0.2, 0.25) is 5.28 Å². The van der Waals surface area contributed by atoms with Gasteiger partial charge in [-0.2, -0.15) is 0 Å². The van der Waals surface area contributed by atoms with Crippen molar-refractivity contribution in [2.45, 2.75) is 70.9 Å². The number of hydrogen-bond donors (Lipinski definition) is 1. The number of carbonyl (C=O) groups excluding carboxylic acids is 1. The smallest absolute Gasteiger partial charge is 0.410 e. The third-order valence-corrected chi connectivity index (χ3v) is 6.63. The number of amides is 1. The van der Waals surface area contributed by atoms with E-state index in [-0.39, 0.29) is 12.1 Å². The minimum Gasteiger partial charge on any atom is -0.444 e. The minimum absolute atomic E-state index is 0.231. The lowest BCUT2D eigenvalue weighted by Gasteiger charge is -2.34. The van der Waals surface area contributed by atoms with E-state index in [1.165, 1.54) is 23.3 Å². The summed E-state index contributed by atoms with van der Waals surface area (Å²) in [5.74, 6) is 0.852. The molecule has 3 heterocycles. The second kappa shape index (κ2) is 7.67. The number of piperidine rings is 1. The monoisotopic (exact) mass is 422 g/mol. The number of nitrogens with one attached hydrogen (secondary N) is 1. The Kier molecular flexibility index (Phi) is 5.40. The van der Waals surface area contributed by atoms with Crippen molar-refractivity contribution < 1.29 is 9.53 Å². The highest BCUT2D eigenvalue weighted by molar-refractivity contribution is 7.19. The second-order valence-electron chi connectivity index (χ2n) is 8.62. The third kappa shape index (κ3) is 4.20. The number of likely N-dealkylation sites (tertiary alicyclic amines) is 1. The van der Waals surface area contributed by atoms with Crippen LogP contribution in [0.15, 0.2) is 0 Å². The van der Waals surface area contributed by atoms with Gasteiger partial charge in [-0.3, -0.25) is 0 Å². The van der Waals surface area contributed by atoms with E-state index in [0.717, 1.165) is 41.7 Å². The van der Waals surface area contributed by atoms with Gasteiger partial charge < -0.3 is 15.0 Å². The van der Waals surface area contributed by atoms with Crippen molar-refractivity contribution in [2.75, 3.05) is 18.4 Å². The van der Waals surface area contributed by atoms with Gasteiger partial charge >= 0.3 is 6.09 Å². The van der Waals surface area contributed by atoms with Gasteiger partial charge in [0.15, 0.2) is 0 Å². The first-order valence-corrected chi connectivity index (χ1v) is 11.2. The topological polar surface area (TPSA) is 67.3 Å². The Morgan fingerprint density at radius 1 is 1.21 bits per heavy atom. The molecule has 8 heteroatoms. The van der Waals surface area contributed by atoms with Gasteiger partial charge in [0.25, 0.3) is 0 Å². The Hall–Kier alpha value is -1.60. The highest BCUT2D eigenvalue weighted by Gasteiger charge is 2.28. The van der Waals surface area contributed by atoms with Gasteiger partial charge in [-0.1, -0.05) is 0 Å². The lowest BCUT2D eigenvalue weighted by atomic mass is 9.96. The van der Waals surface area contributed by atoms with Crippen molar-refractivity contribution in [1.82, 2.24) is 14.9 Å². The largest absolute Gasteiger partial charge is 0.444 e. The zero-order valence-electron chi connectivity index (χ0n) is 16.7. The number of hydrogen-bond acceptors (Lipinski definition) is 6. The summed E-state index contributed by atoms with van der Waals surface area (Å²) < 4.78 is 5.49. The molecule has 0 spiro atoms. The summed E-state index contributed by atoms with van der Waals surface area (Å²) in [4.78, 5) is 25.5. The molecule has 0 aromatic carbocycles. The third-order valence-electron chi connectivity index (χ3n) is 5.27. The fraction of sp³-hybridized carbons (Fsp3) is 0.650. The first-order valence-electron chi connectivity index (χ1n) is 10.0. The zero-order valence-corrected chi connectivity index (χ0v) is 18.3. The number of rotatable bonds is 2. The van der Waals surface area contributed by atoms with Crippen molar-refractivity contribution >= 4 is 45.1 Å². The van der Waals surface area contributed by atoms with Gasteiger partial charge in [0.2, 0.25) is 5.28 Å². The standard InChI is InChI=1S/C20H27ClN4O2S/c1-20(2,3)27-19(26)25-10-8-12(9-11-25)22-16-15-13-6-4-5-7-14(13)28-17(15)24-18(21)23-16/h12H,4-11H2,1-3H3,(H,22,23,24). The SMILES string of the molecule is CC(C)(C)OC(=O)N1CCC(Nc2nc(Cl)nc3sc4c(c23)CCCC4)CC1. The summed E-state index contributed by atoms with van der Waals surface area (Å²) in [5, 5.41) is 5.04. The van der Waals surface area contributed by atoms with Gasteiger partial charge in [0.05, 0.1) is 5.39 Å². The van der Waals surface area contributed by atoms with Crippen LogP contribution in [-0.2, 0) is 17.6 Å². The number of nitrogens with zero attached hydrogens (tertiary/aromatic N) is 3. The molecule has 2 aromatic rings. The van der Waals surface area contributed by atoms with Crippen LogP contribution in [0.1, 0.15) is 56.9 Å². The molecule has 0 bridgehead atoms. The van der Waals surface area contributed by atoms with E-state index >= 15 is 0 Å². The van der Waals surface area contributed by atoms with Crippen LogP contribution in [0, 0.1) is 0 Å². The summed E-state index contributed by atoms with van der Waals surface area (Å²) in [5.41, 5.74) is 0.935. The van der Waals surface area contributed by atoms with Crippen LogP contribution in [0.4, 0.5) is 10.6 Å². The van der Waals surface area contributed by atoms with Gasteiger partial charge in [-0.15, -0.1) is 11.3 Å². The molecular formula is C20H27ClN4O2S. The predicted molar refractivity (Wildman–Crippen MR) is 114 cm³/mol. The number of halogens is 1. The summed E-state index contributed by atoms with van der Waals surface area (Å²) >= 11 is 7.96. The number of aryl methyl sites for hydroxylation is 2. The molecule has 0 atom stereocenters. The van der Waals surface area contributed by atoms with Gasteiger partial charge in [-0.05, 0) is 76.5 Å². The van der Waals surface area contributed by atoms with E-state index in [9.17, 15) is 4.79 Å². The first kappa shape index (κ1) is 19.7. The maximum Gasteiger partial charge on any atom is 0.410 e. The second-order valence-corrected chi connectivity index (χ2v) is 10.0. The molecule has 2 aliphatic rings. The van der Waals surface area contributed by atoms with Crippen LogP contribution in [0.3, 0.4) is 0 Å². The van der Waals surface area contributed by atoms with E-state index in [1.807, 2.05) is 20.8 Å². The highest BCUT2D eigenvalue weighted by atomic mass is 35.5. The molecule has 2 aromatic heterocycles. The van der Waals surface area contributed by atoms with E-state index in [2.05, 4.69) is 15.3 Å². The number of carbonyl (C=O) groups is 1. The van der Waals surface area contributed by atoms with Crippen molar-refractivity contribution in [2.24, 2.45) is 0 Å². The predicted octanol–water partition coefficient (Wildman–Crippen LogP) is 5.03. The molecule has 1 amide bonds. The summed E-state index contributed by atoms with van der Waals surface area (Å²) in [6, 6.07) is 0.256. The van der Waals surface area contributed by atoms with Gasteiger partial charge in [0.1, 0.15) is 16.2 Å². The summed E-state index contributed by atoms with van der Waals surface area (Å²) in [7, 11) is 0. The Morgan fingerprint density at radius 3 is 2.64 bits per heavy atom. The van der Waals surface area contributed by atoms with Crippen LogP contribution < -0.4 is 5.32 Å². The quantitative estimate of drug-likeness (QED) is 0.687. The molecular weight excluding hydrogens is 396 g/mol. The van der Waals surface area contributed by atoms with Crippen LogP contribution in [0.25, 0.3) is 10.2 Å². The number of anilines is 1. The minimum atomic E-state index is -0.465. The van der Waals surface area contributed by atoms with E-state index < -0.39 is 5.60 Å². The van der Waals surface area contributed by atoms with E-state index in [4.69, 9.17) is 16.3 Å². The molecule has 1 aliphatic heterocycles. The summed E-state index contributed by atoms with van der Waals surface area (Å²) in [6.45, 7) is 7.03. The Bertz CT molecular complexity index is 884. The van der Waals surface area contributed by atoms with Crippen LogP contribution in [-0.4, -0.2) is 45.7 Å². The fourth-order valence-electron chi connectivity index (χ4n) is 3.96. The molecule has 152 valence electrons. The zero-order chi connectivity index (χ0) is 19.9. The van der Waals surface area contributed by atoms with Gasteiger partial charge in [-0.25, -0.2) is 14.8 Å². The number of fused-ring (bicyclic) bond motifs is 3. The van der Waals surface area contributed by atoms with Crippen molar-refractivity contribution in [3.8, 4) is 0 Å². The maximum absolute atomic E-state index is 12.3. The maximum atomic E-state index is 12.3. The molecule has 4 rings (SSSR count). The Morgan fingerprint density at radius 2 is 1.93 bits per heavy atom. The van der Waals surface area contributed by atoms with E-state index in [1.54, 1.807) is 16.2 Å². The molecule has 1 saturated heterocycles. The average molecular weight is 423 g/mol. The number of ether oxygens (including phenoxy) is 1. The molecule has 1 aliphatic carbocycles. The normalized spacial score (nSPS) is 18.2. The lowest BCUT2D eigenvalue weighted by Crippen LogP contribution is -2.44. The molecule has 1 N–H and O–H groups in total. The average Bonchev–Trinajstić information content (AvgIpc) is 2.99. The highest BCUT2D eigenvalue weighted by Crippen LogP contribution is 2.39. The Balaban J connectivity index is 1.48. The van der Waals surface area contributed by atoms with Gasteiger partial charge in [0, 0.05) is 24.0 Å². The van der Waals surface area contributed by atoms with Crippen LogP contribution in [0.5, 0.6) is 0 Å². The van der Waals surface area contributed by atoms with Crippen molar-refractivity contribution in [3.05, 3.63) is 15.7 Å². The van der Waals surface area contributed by atoms with Crippen molar-refractivity contribution in [1.29, 1.82) is 0 Å². The lowest BCUT2D eigenvalue weighted by molar-refractivity contribution is 0.0210. The summed E-state index contributed by atoms with van der Waals surface area (Å²) in [6.07, 6.45) is 6.16. The number of thiophene rings is 1.